The third-order valence-corrected chi connectivity index (χ3v) is 7.51. The van der Waals surface area contributed by atoms with E-state index in [4.69, 9.17) is 0 Å². The quantitative estimate of drug-likeness (QED) is 0.123. The summed E-state index contributed by atoms with van der Waals surface area (Å²) in [5, 5.41) is 18.4. The van der Waals surface area contributed by atoms with E-state index in [1.807, 2.05) is 0 Å². The zero-order valence-corrected chi connectivity index (χ0v) is 25.8. The Morgan fingerprint density at radius 3 is 2.33 bits per heavy atom. The fraction of sp³-hybridized carbons (Fsp3) is 0.194. The Balaban J connectivity index is 1.30. The van der Waals surface area contributed by atoms with Gasteiger partial charge in [-0.15, -0.1) is 0 Å². The summed E-state index contributed by atoms with van der Waals surface area (Å²) < 4.78 is 39.1. The van der Waals surface area contributed by atoms with Gasteiger partial charge in [-0.05, 0) is 91.6 Å². The number of aromatic nitrogens is 2. The maximum atomic E-state index is 13.3. The fourth-order valence-electron chi connectivity index (χ4n) is 5.04. The SMILES string of the molecule is CC(O)CCCNC(=O)[C@@H](NC(=O)c1ccc2nc(NC(=O)c3ccccc3-c3ccc(C(F)(F)F)cc3)ccc2c1)c1ccccn1. The molecule has 0 saturated carbocycles. The number of rotatable bonds is 11. The summed E-state index contributed by atoms with van der Waals surface area (Å²) in [5.74, 6) is -1.22. The zero-order chi connectivity index (χ0) is 34.3. The number of amides is 3. The molecule has 48 heavy (non-hydrogen) atoms. The fourth-order valence-corrected chi connectivity index (χ4v) is 5.04. The van der Waals surface area contributed by atoms with E-state index in [1.54, 1.807) is 79.7 Å². The van der Waals surface area contributed by atoms with Gasteiger partial charge in [0.05, 0.1) is 22.9 Å². The molecule has 4 N–H and O–H groups in total. The van der Waals surface area contributed by atoms with Crippen LogP contribution in [0.5, 0.6) is 0 Å². The minimum Gasteiger partial charge on any atom is -0.393 e. The molecule has 3 amide bonds. The lowest BCUT2D eigenvalue weighted by Gasteiger charge is -2.18. The van der Waals surface area contributed by atoms with Gasteiger partial charge in [0.25, 0.3) is 11.8 Å². The molecule has 5 aromatic rings. The van der Waals surface area contributed by atoms with E-state index in [1.165, 1.54) is 18.3 Å². The van der Waals surface area contributed by atoms with E-state index in [9.17, 15) is 32.7 Å². The van der Waals surface area contributed by atoms with Crippen LogP contribution in [0.2, 0.25) is 0 Å². The van der Waals surface area contributed by atoms with Crippen LogP contribution in [0.25, 0.3) is 22.0 Å². The number of carbonyl (C=O) groups is 3. The van der Waals surface area contributed by atoms with Gasteiger partial charge in [0.15, 0.2) is 6.04 Å². The Morgan fingerprint density at radius 1 is 0.875 bits per heavy atom. The number of nitrogens with zero attached hydrogens (tertiary/aromatic N) is 2. The van der Waals surface area contributed by atoms with Gasteiger partial charge in [0.1, 0.15) is 5.82 Å². The first-order chi connectivity index (χ1) is 23.0. The number of alkyl halides is 3. The first-order valence-corrected chi connectivity index (χ1v) is 15.2. The number of carbonyl (C=O) groups excluding carboxylic acids is 3. The molecule has 2 atom stereocenters. The first-order valence-electron chi connectivity index (χ1n) is 15.2. The number of pyridine rings is 2. The van der Waals surface area contributed by atoms with Crippen molar-refractivity contribution < 1.29 is 32.7 Å². The van der Waals surface area contributed by atoms with Crippen molar-refractivity contribution in [3.63, 3.8) is 0 Å². The number of aliphatic hydroxyl groups excluding tert-OH is 1. The normalized spacial score (nSPS) is 12.6. The Morgan fingerprint density at radius 2 is 1.62 bits per heavy atom. The summed E-state index contributed by atoms with van der Waals surface area (Å²) in [4.78, 5) is 48.3. The summed E-state index contributed by atoms with van der Waals surface area (Å²) in [7, 11) is 0. The largest absolute Gasteiger partial charge is 0.416 e. The number of hydrogen-bond donors (Lipinski definition) is 4. The van der Waals surface area contributed by atoms with Gasteiger partial charge < -0.3 is 21.1 Å². The molecular formula is C36H32F3N5O4. The van der Waals surface area contributed by atoms with Crippen LogP contribution < -0.4 is 16.0 Å². The van der Waals surface area contributed by atoms with Gasteiger partial charge in [-0.3, -0.25) is 19.4 Å². The van der Waals surface area contributed by atoms with Crippen LogP contribution in [-0.2, 0) is 11.0 Å². The molecule has 12 heteroatoms. The Kier molecular flexibility index (Phi) is 10.4. The van der Waals surface area contributed by atoms with Crippen molar-refractivity contribution in [2.45, 2.75) is 38.1 Å². The number of benzene rings is 3. The van der Waals surface area contributed by atoms with Crippen molar-refractivity contribution in [1.29, 1.82) is 0 Å². The molecule has 0 saturated heterocycles. The molecule has 2 aromatic heterocycles. The Hall–Kier alpha value is -5.62. The van der Waals surface area contributed by atoms with Crippen LogP contribution in [0, 0.1) is 0 Å². The average molecular weight is 656 g/mol. The third kappa shape index (κ3) is 8.39. The highest BCUT2D eigenvalue weighted by molar-refractivity contribution is 6.08. The summed E-state index contributed by atoms with van der Waals surface area (Å²) >= 11 is 0. The second kappa shape index (κ2) is 14.9. The molecule has 0 bridgehead atoms. The van der Waals surface area contributed by atoms with Crippen molar-refractivity contribution in [1.82, 2.24) is 20.6 Å². The number of hydrogen-bond acceptors (Lipinski definition) is 6. The summed E-state index contributed by atoms with van der Waals surface area (Å²) in [6.07, 6.45) is -2.34. The molecule has 0 aliphatic carbocycles. The van der Waals surface area contributed by atoms with Crippen LogP contribution in [-0.4, -0.2) is 45.4 Å². The monoisotopic (exact) mass is 655 g/mol. The highest BCUT2D eigenvalue weighted by atomic mass is 19.4. The number of anilines is 1. The van der Waals surface area contributed by atoms with E-state index < -0.39 is 41.6 Å². The average Bonchev–Trinajstić information content (AvgIpc) is 3.08. The number of fused-ring (bicyclic) bond motifs is 1. The zero-order valence-electron chi connectivity index (χ0n) is 25.8. The topological polar surface area (TPSA) is 133 Å². The third-order valence-electron chi connectivity index (χ3n) is 7.51. The maximum absolute atomic E-state index is 13.3. The molecular weight excluding hydrogens is 623 g/mol. The maximum Gasteiger partial charge on any atom is 0.416 e. The smallest absolute Gasteiger partial charge is 0.393 e. The molecule has 0 fully saturated rings. The number of nitrogens with one attached hydrogen (secondary N) is 3. The van der Waals surface area contributed by atoms with Crippen molar-refractivity contribution in [2.75, 3.05) is 11.9 Å². The molecule has 0 aliphatic rings. The van der Waals surface area contributed by atoms with Crippen molar-refractivity contribution >= 4 is 34.4 Å². The first kappa shape index (κ1) is 33.7. The molecule has 0 spiro atoms. The molecule has 1 unspecified atom stereocenters. The van der Waals surface area contributed by atoms with Crippen LogP contribution in [0.1, 0.15) is 57.8 Å². The highest BCUT2D eigenvalue weighted by Crippen LogP contribution is 2.32. The highest BCUT2D eigenvalue weighted by Gasteiger charge is 2.30. The summed E-state index contributed by atoms with van der Waals surface area (Å²) in [6, 6.07) is 23.2. The summed E-state index contributed by atoms with van der Waals surface area (Å²) in [5.41, 5.74) is 1.49. The molecule has 0 radical (unpaired) electrons. The number of halogens is 3. The minimum atomic E-state index is -4.47. The molecule has 3 aromatic carbocycles. The Bertz CT molecular complexity index is 1920. The van der Waals surface area contributed by atoms with Crippen LogP contribution >= 0.6 is 0 Å². The van der Waals surface area contributed by atoms with Gasteiger partial charge in [-0.25, -0.2) is 4.98 Å². The van der Waals surface area contributed by atoms with Gasteiger partial charge in [0, 0.05) is 29.3 Å². The van der Waals surface area contributed by atoms with Crippen molar-refractivity contribution in [3.05, 3.63) is 126 Å². The van der Waals surface area contributed by atoms with Crippen molar-refractivity contribution in [3.8, 4) is 11.1 Å². The Labute approximate surface area is 274 Å². The van der Waals surface area contributed by atoms with Gasteiger partial charge in [0.2, 0.25) is 5.91 Å². The summed E-state index contributed by atoms with van der Waals surface area (Å²) in [6.45, 7) is 1.99. The lowest BCUT2D eigenvalue weighted by atomic mass is 9.98. The second-order valence-corrected chi connectivity index (χ2v) is 11.1. The van der Waals surface area contributed by atoms with Crippen LogP contribution in [0.15, 0.2) is 103 Å². The predicted octanol–water partition coefficient (Wildman–Crippen LogP) is 6.32. The van der Waals surface area contributed by atoms with Gasteiger partial charge in [-0.1, -0.05) is 36.4 Å². The van der Waals surface area contributed by atoms with E-state index in [0.29, 0.717) is 47.1 Å². The van der Waals surface area contributed by atoms with E-state index in [0.717, 1.165) is 12.1 Å². The second-order valence-electron chi connectivity index (χ2n) is 11.1. The van der Waals surface area contributed by atoms with Gasteiger partial charge >= 0.3 is 6.18 Å². The molecule has 2 heterocycles. The van der Waals surface area contributed by atoms with E-state index in [-0.39, 0.29) is 16.9 Å². The molecule has 5 rings (SSSR count). The van der Waals surface area contributed by atoms with Crippen molar-refractivity contribution in [2.24, 2.45) is 0 Å². The minimum absolute atomic E-state index is 0.231. The lowest BCUT2D eigenvalue weighted by molar-refractivity contribution is -0.137. The van der Waals surface area contributed by atoms with Gasteiger partial charge in [-0.2, -0.15) is 13.2 Å². The lowest BCUT2D eigenvalue weighted by Crippen LogP contribution is -2.41. The van der Waals surface area contributed by atoms with E-state index in [2.05, 4.69) is 25.9 Å². The standard InChI is InChI=1S/C36H32F3N5O4/c1-22(45)7-6-20-41-35(48)32(30-10-4-5-19-40-30)44-33(46)25-13-17-29-24(21-25)14-18-31(42-29)43-34(47)28-9-3-2-8-27(28)23-11-15-26(16-12-23)36(37,38)39/h2-5,8-19,21-22,32,45H,6-7,20H2,1H3,(H,41,48)(H,44,46)(H,42,43,47)/t22?,32-/m0/s1. The molecule has 246 valence electrons. The van der Waals surface area contributed by atoms with E-state index >= 15 is 0 Å². The van der Waals surface area contributed by atoms with Crippen LogP contribution in [0.4, 0.5) is 19.0 Å². The number of aliphatic hydroxyl groups is 1. The van der Waals surface area contributed by atoms with Crippen LogP contribution in [0.3, 0.4) is 0 Å². The predicted molar refractivity (Wildman–Crippen MR) is 175 cm³/mol. The molecule has 0 aliphatic heterocycles. The molecule has 9 nitrogen and oxygen atoms in total.